The Morgan fingerprint density at radius 3 is 2.40 bits per heavy atom. The summed E-state index contributed by atoms with van der Waals surface area (Å²) in [5.41, 5.74) is 3.06. The van der Waals surface area contributed by atoms with Gasteiger partial charge < -0.3 is 0 Å². The molecule has 0 amide bonds. The zero-order chi connectivity index (χ0) is 17.4. The largest absolute Gasteiger partial charge is 0.264 e. The van der Waals surface area contributed by atoms with Crippen molar-refractivity contribution in [2.24, 2.45) is 5.10 Å². The molecule has 0 aliphatic carbocycles. The second-order valence-electron chi connectivity index (χ2n) is 5.74. The van der Waals surface area contributed by atoms with Gasteiger partial charge in [0.05, 0.1) is 28.7 Å². The van der Waals surface area contributed by atoms with Gasteiger partial charge in [0.2, 0.25) is 0 Å². The molecule has 1 aliphatic rings. The SMILES string of the molecule is Clc1ccc(N2C[C@H](c3ccc(Cl)cc3Cl)C(c3cccs3)=N2)cc1. The predicted octanol–water partition coefficient (Wildman–Crippen LogP) is 6.72. The fourth-order valence-corrected chi connectivity index (χ4v) is 4.38. The van der Waals surface area contributed by atoms with Crippen molar-refractivity contribution < 1.29 is 0 Å². The number of hydrazone groups is 1. The van der Waals surface area contributed by atoms with Gasteiger partial charge in [0.15, 0.2) is 0 Å². The highest BCUT2D eigenvalue weighted by molar-refractivity contribution is 7.12. The number of hydrogen-bond acceptors (Lipinski definition) is 3. The van der Waals surface area contributed by atoms with Crippen molar-refractivity contribution in [2.45, 2.75) is 5.92 Å². The van der Waals surface area contributed by atoms with Crippen molar-refractivity contribution in [3.63, 3.8) is 0 Å². The van der Waals surface area contributed by atoms with Crippen LogP contribution in [-0.2, 0) is 0 Å². The maximum atomic E-state index is 6.48. The Morgan fingerprint density at radius 2 is 1.72 bits per heavy atom. The van der Waals surface area contributed by atoms with E-state index in [1.165, 1.54) is 0 Å². The van der Waals surface area contributed by atoms with E-state index in [4.69, 9.17) is 39.9 Å². The summed E-state index contributed by atoms with van der Waals surface area (Å²) in [5.74, 6) is 0.0825. The Morgan fingerprint density at radius 1 is 0.960 bits per heavy atom. The van der Waals surface area contributed by atoms with Crippen molar-refractivity contribution in [1.82, 2.24) is 0 Å². The first kappa shape index (κ1) is 16.9. The summed E-state index contributed by atoms with van der Waals surface area (Å²) in [6.45, 7) is 0.718. The minimum absolute atomic E-state index is 0.0825. The molecule has 0 saturated carbocycles. The second kappa shape index (κ2) is 7.00. The fraction of sp³-hybridized carbons (Fsp3) is 0.105. The molecular weight excluding hydrogens is 395 g/mol. The minimum atomic E-state index is 0.0825. The Labute approximate surface area is 165 Å². The number of benzene rings is 2. The molecule has 0 saturated heterocycles. The molecule has 4 rings (SSSR count). The van der Waals surface area contributed by atoms with Gasteiger partial charge in [-0.1, -0.05) is 46.9 Å². The van der Waals surface area contributed by atoms with Crippen LogP contribution in [0.3, 0.4) is 0 Å². The first-order valence-electron chi connectivity index (χ1n) is 7.72. The monoisotopic (exact) mass is 406 g/mol. The van der Waals surface area contributed by atoms with E-state index in [2.05, 4.69) is 11.4 Å². The van der Waals surface area contributed by atoms with Crippen LogP contribution in [0.1, 0.15) is 16.4 Å². The summed E-state index contributed by atoms with van der Waals surface area (Å²) >= 11 is 20.2. The molecule has 0 radical (unpaired) electrons. The van der Waals surface area contributed by atoms with Crippen LogP contribution in [-0.4, -0.2) is 12.3 Å². The maximum Gasteiger partial charge on any atom is 0.0875 e. The van der Waals surface area contributed by atoms with Gasteiger partial charge in [-0.15, -0.1) is 11.3 Å². The lowest BCUT2D eigenvalue weighted by Crippen LogP contribution is -2.18. The van der Waals surface area contributed by atoms with E-state index in [9.17, 15) is 0 Å². The van der Waals surface area contributed by atoms with Crippen LogP contribution in [0.5, 0.6) is 0 Å². The Bertz CT molecular complexity index is 920. The van der Waals surface area contributed by atoms with Crippen LogP contribution >= 0.6 is 46.1 Å². The van der Waals surface area contributed by atoms with Crippen LogP contribution < -0.4 is 5.01 Å². The van der Waals surface area contributed by atoms with Crippen LogP contribution in [0, 0.1) is 0 Å². The van der Waals surface area contributed by atoms with E-state index in [0.29, 0.717) is 15.1 Å². The lowest BCUT2D eigenvalue weighted by Gasteiger charge is -2.17. The lowest BCUT2D eigenvalue weighted by molar-refractivity contribution is 0.851. The van der Waals surface area contributed by atoms with Crippen LogP contribution in [0.25, 0.3) is 0 Å². The highest BCUT2D eigenvalue weighted by Crippen LogP contribution is 2.37. The second-order valence-corrected chi connectivity index (χ2v) is 7.97. The molecule has 126 valence electrons. The number of hydrogen-bond donors (Lipinski definition) is 0. The molecule has 0 bridgehead atoms. The summed E-state index contributed by atoms with van der Waals surface area (Å²) in [5, 5.41) is 10.9. The molecule has 1 aromatic heterocycles. The first-order valence-corrected chi connectivity index (χ1v) is 9.73. The third kappa shape index (κ3) is 3.42. The van der Waals surface area contributed by atoms with Crippen molar-refractivity contribution in [1.29, 1.82) is 0 Å². The average molecular weight is 408 g/mol. The summed E-state index contributed by atoms with van der Waals surface area (Å²) < 4.78 is 0. The van der Waals surface area contributed by atoms with Crippen LogP contribution in [0.2, 0.25) is 15.1 Å². The van der Waals surface area contributed by atoms with Crippen molar-refractivity contribution in [2.75, 3.05) is 11.6 Å². The van der Waals surface area contributed by atoms with Crippen molar-refractivity contribution in [3.8, 4) is 0 Å². The number of thiophene rings is 1. The van der Waals surface area contributed by atoms with E-state index in [1.54, 1.807) is 17.4 Å². The summed E-state index contributed by atoms with van der Waals surface area (Å²) in [6, 6.07) is 17.5. The van der Waals surface area contributed by atoms with Crippen LogP contribution in [0.4, 0.5) is 5.69 Å². The lowest BCUT2D eigenvalue weighted by atomic mass is 9.93. The zero-order valence-electron chi connectivity index (χ0n) is 13.0. The van der Waals surface area contributed by atoms with E-state index in [0.717, 1.165) is 28.4 Å². The molecule has 1 atom stereocenters. The molecule has 0 N–H and O–H groups in total. The zero-order valence-corrected chi connectivity index (χ0v) is 16.1. The van der Waals surface area contributed by atoms with Gasteiger partial charge in [-0.3, -0.25) is 5.01 Å². The van der Waals surface area contributed by atoms with E-state index >= 15 is 0 Å². The fourth-order valence-electron chi connectivity index (χ4n) is 2.95. The van der Waals surface area contributed by atoms with Gasteiger partial charge >= 0.3 is 0 Å². The van der Waals surface area contributed by atoms with E-state index < -0.39 is 0 Å². The van der Waals surface area contributed by atoms with Crippen molar-refractivity contribution >= 4 is 57.5 Å². The minimum Gasteiger partial charge on any atom is -0.264 e. The molecule has 6 heteroatoms. The number of rotatable bonds is 3. The smallest absolute Gasteiger partial charge is 0.0875 e. The highest BCUT2D eigenvalue weighted by Gasteiger charge is 2.31. The van der Waals surface area contributed by atoms with Gasteiger partial charge in [0.1, 0.15) is 0 Å². The molecule has 0 spiro atoms. The molecule has 2 heterocycles. The summed E-state index contributed by atoms with van der Waals surface area (Å²) in [4.78, 5) is 1.15. The van der Waals surface area contributed by atoms with Crippen molar-refractivity contribution in [3.05, 3.63) is 85.5 Å². The standard InChI is InChI=1S/C19H13Cl3N2S/c20-12-3-6-14(7-4-12)24-11-16(15-8-5-13(21)10-17(15)22)19(23-24)18-2-1-9-25-18/h1-10,16H,11H2/t16-/m1/s1. The molecule has 1 aliphatic heterocycles. The summed E-state index contributed by atoms with van der Waals surface area (Å²) in [7, 11) is 0. The normalized spacial score (nSPS) is 17.0. The Kier molecular flexibility index (Phi) is 4.74. The van der Waals surface area contributed by atoms with Gasteiger partial charge in [-0.25, -0.2) is 0 Å². The summed E-state index contributed by atoms with van der Waals surface area (Å²) in [6.07, 6.45) is 0. The third-order valence-corrected chi connectivity index (χ3v) is 5.86. The topological polar surface area (TPSA) is 15.6 Å². The number of nitrogens with zero attached hydrogens (tertiary/aromatic N) is 2. The predicted molar refractivity (Wildman–Crippen MR) is 109 cm³/mol. The van der Waals surface area contributed by atoms with Gasteiger partial charge in [0.25, 0.3) is 0 Å². The molecule has 2 aromatic carbocycles. The maximum absolute atomic E-state index is 6.48. The molecule has 2 nitrogen and oxygen atoms in total. The Balaban J connectivity index is 1.76. The molecule has 25 heavy (non-hydrogen) atoms. The molecule has 0 unspecified atom stereocenters. The Hall–Kier alpha value is -1.52. The average Bonchev–Trinajstić information content (AvgIpc) is 3.24. The third-order valence-electron chi connectivity index (χ3n) is 4.15. The molecule has 3 aromatic rings. The molecular formula is C19H13Cl3N2S. The quantitative estimate of drug-likeness (QED) is 0.470. The number of anilines is 1. The van der Waals surface area contributed by atoms with Crippen LogP contribution in [0.15, 0.2) is 65.1 Å². The van der Waals surface area contributed by atoms with E-state index in [-0.39, 0.29) is 5.92 Å². The van der Waals surface area contributed by atoms with Gasteiger partial charge in [0, 0.05) is 15.1 Å². The van der Waals surface area contributed by atoms with Gasteiger partial charge in [-0.05, 0) is 53.4 Å². The highest BCUT2D eigenvalue weighted by atomic mass is 35.5. The molecule has 0 fully saturated rings. The van der Waals surface area contributed by atoms with Gasteiger partial charge in [-0.2, -0.15) is 5.10 Å². The first-order chi connectivity index (χ1) is 12.1. The van der Waals surface area contributed by atoms with E-state index in [1.807, 2.05) is 47.5 Å². The number of halogens is 3.